The fourth-order valence-electron chi connectivity index (χ4n) is 2.09. The van der Waals surface area contributed by atoms with Gasteiger partial charge in [0, 0.05) is 27.2 Å². The minimum absolute atomic E-state index is 0. The summed E-state index contributed by atoms with van der Waals surface area (Å²) in [5.41, 5.74) is 1.48. The third-order valence-corrected chi connectivity index (χ3v) is 3.51. The van der Waals surface area contributed by atoms with E-state index < -0.39 is 0 Å². The van der Waals surface area contributed by atoms with Gasteiger partial charge in [0.1, 0.15) is 5.82 Å². The van der Waals surface area contributed by atoms with Crippen LogP contribution in [0.15, 0.2) is 23.2 Å². The van der Waals surface area contributed by atoms with E-state index in [2.05, 4.69) is 15.6 Å². The van der Waals surface area contributed by atoms with Gasteiger partial charge in [-0.05, 0) is 43.4 Å². The van der Waals surface area contributed by atoms with Gasteiger partial charge in [-0.15, -0.1) is 24.0 Å². The number of nitrogens with one attached hydrogen (secondary N) is 2. The fourth-order valence-corrected chi connectivity index (χ4v) is 2.09. The summed E-state index contributed by atoms with van der Waals surface area (Å²) in [7, 11) is 3.67. The number of hydrogen-bond acceptors (Lipinski definition) is 2. The molecule has 0 heterocycles. The zero-order chi connectivity index (χ0) is 15.2. The van der Waals surface area contributed by atoms with Gasteiger partial charge in [-0.1, -0.05) is 6.07 Å². The van der Waals surface area contributed by atoms with Crippen LogP contribution >= 0.6 is 24.0 Å². The molecule has 2 N–H and O–H groups in total. The maximum atomic E-state index is 13.9. The normalized spacial score (nSPS) is 14.3. The first-order chi connectivity index (χ1) is 10.1. The van der Waals surface area contributed by atoms with Gasteiger partial charge in [-0.3, -0.25) is 0 Å². The Hall–Kier alpha value is -1.05. The molecular formula is C16H26FIN4. The highest BCUT2D eigenvalue weighted by molar-refractivity contribution is 14.0. The van der Waals surface area contributed by atoms with Crippen LogP contribution in [0.4, 0.5) is 10.1 Å². The van der Waals surface area contributed by atoms with Crippen LogP contribution in [0.25, 0.3) is 0 Å². The van der Waals surface area contributed by atoms with Crippen molar-refractivity contribution in [2.75, 3.05) is 32.1 Å². The van der Waals surface area contributed by atoms with Crippen LogP contribution in [0, 0.1) is 11.7 Å². The van der Waals surface area contributed by atoms with E-state index >= 15 is 0 Å². The molecule has 6 heteroatoms. The Balaban J connectivity index is 0.00000242. The number of benzene rings is 1. The van der Waals surface area contributed by atoms with Crippen LogP contribution < -0.4 is 15.5 Å². The molecule has 1 aromatic carbocycles. The summed E-state index contributed by atoms with van der Waals surface area (Å²) in [5.74, 6) is 1.40. The van der Waals surface area contributed by atoms with Crippen LogP contribution in [-0.4, -0.2) is 33.1 Å². The standard InChI is InChI=1S/C16H25FN4.HI/c1-4-18-16(19-10-12-5-6-12)20-11-13-7-8-15(21(2)3)14(17)9-13;/h7-9,12H,4-6,10-11H2,1-3H3,(H2,18,19,20);1H. The summed E-state index contributed by atoms with van der Waals surface area (Å²) in [6.45, 7) is 4.31. The Morgan fingerprint density at radius 2 is 2.05 bits per heavy atom. The van der Waals surface area contributed by atoms with Crippen molar-refractivity contribution in [1.82, 2.24) is 10.6 Å². The fraction of sp³-hybridized carbons (Fsp3) is 0.562. The quantitative estimate of drug-likeness (QED) is 0.423. The van der Waals surface area contributed by atoms with Crippen molar-refractivity contribution in [1.29, 1.82) is 0 Å². The van der Waals surface area contributed by atoms with Gasteiger partial charge in [-0.2, -0.15) is 0 Å². The van der Waals surface area contributed by atoms with Crippen molar-refractivity contribution in [3.05, 3.63) is 29.6 Å². The lowest BCUT2D eigenvalue weighted by Gasteiger charge is -2.14. The molecular weight excluding hydrogens is 394 g/mol. The number of anilines is 1. The predicted octanol–water partition coefficient (Wildman–Crippen LogP) is 2.97. The first kappa shape index (κ1) is 19.0. The van der Waals surface area contributed by atoms with Gasteiger partial charge in [0.25, 0.3) is 0 Å². The third-order valence-electron chi connectivity index (χ3n) is 3.51. The number of rotatable bonds is 6. The summed E-state index contributed by atoms with van der Waals surface area (Å²) in [6.07, 6.45) is 2.62. The van der Waals surface area contributed by atoms with E-state index in [1.807, 2.05) is 27.1 Å². The lowest BCUT2D eigenvalue weighted by Crippen LogP contribution is -2.38. The van der Waals surface area contributed by atoms with Gasteiger partial charge in [0.2, 0.25) is 0 Å². The number of guanidine groups is 1. The highest BCUT2D eigenvalue weighted by Gasteiger charge is 2.21. The molecule has 0 spiro atoms. The molecule has 0 atom stereocenters. The smallest absolute Gasteiger partial charge is 0.191 e. The molecule has 0 aliphatic heterocycles. The van der Waals surface area contributed by atoms with Crippen LogP contribution in [0.1, 0.15) is 25.3 Å². The molecule has 22 heavy (non-hydrogen) atoms. The first-order valence-electron chi connectivity index (χ1n) is 7.58. The van der Waals surface area contributed by atoms with E-state index in [0.717, 1.165) is 30.5 Å². The summed E-state index contributed by atoms with van der Waals surface area (Å²) in [6, 6.07) is 5.28. The van der Waals surface area contributed by atoms with E-state index in [1.165, 1.54) is 12.8 Å². The highest BCUT2D eigenvalue weighted by Crippen LogP contribution is 2.27. The average Bonchev–Trinajstić information content (AvgIpc) is 3.25. The Labute approximate surface area is 149 Å². The van der Waals surface area contributed by atoms with Crippen LogP contribution in [0.5, 0.6) is 0 Å². The predicted molar refractivity (Wildman–Crippen MR) is 102 cm³/mol. The Kier molecular flexibility index (Phi) is 7.92. The zero-order valence-electron chi connectivity index (χ0n) is 13.5. The Morgan fingerprint density at radius 3 is 2.59 bits per heavy atom. The molecule has 0 amide bonds. The van der Waals surface area contributed by atoms with Crippen molar-refractivity contribution in [3.63, 3.8) is 0 Å². The lowest BCUT2D eigenvalue weighted by atomic mass is 10.2. The number of nitrogens with zero attached hydrogens (tertiary/aromatic N) is 2. The van der Waals surface area contributed by atoms with Gasteiger partial charge < -0.3 is 15.5 Å². The van der Waals surface area contributed by atoms with Crippen LogP contribution in [-0.2, 0) is 6.54 Å². The molecule has 124 valence electrons. The SMILES string of the molecule is CCNC(=NCc1ccc(N(C)C)c(F)c1)NCC1CC1.I. The maximum Gasteiger partial charge on any atom is 0.191 e. The van der Waals surface area contributed by atoms with Gasteiger partial charge >= 0.3 is 0 Å². The molecule has 4 nitrogen and oxygen atoms in total. The second kappa shape index (κ2) is 9.17. The van der Waals surface area contributed by atoms with E-state index in [0.29, 0.717) is 12.2 Å². The van der Waals surface area contributed by atoms with Crippen molar-refractivity contribution in [3.8, 4) is 0 Å². The summed E-state index contributed by atoms with van der Waals surface area (Å²) >= 11 is 0. The molecule has 0 bridgehead atoms. The average molecular weight is 420 g/mol. The number of hydrogen-bond donors (Lipinski definition) is 2. The monoisotopic (exact) mass is 420 g/mol. The first-order valence-corrected chi connectivity index (χ1v) is 7.58. The van der Waals surface area contributed by atoms with Crippen molar-refractivity contribution in [2.45, 2.75) is 26.3 Å². The molecule has 1 saturated carbocycles. The summed E-state index contributed by atoms with van der Waals surface area (Å²) in [5, 5.41) is 6.55. The van der Waals surface area contributed by atoms with Crippen LogP contribution in [0.2, 0.25) is 0 Å². The maximum absolute atomic E-state index is 13.9. The lowest BCUT2D eigenvalue weighted by molar-refractivity contribution is 0.623. The number of aliphatic imine (C=N–C) groups is 1. The van der Waals surface area contributed by atoms with Crippen molar-refractivity contribution < 1.29 is 4.39 Å². The molecule has 0 unspecified atom stereocenters. The largest absolute Gasteiger partial charge is 0.375 e. The molecule has 0 radical (unpaired) electrons. The van der Waals surface area contributed by atoms with Crippen LogP contribution in [0.3, 0.4) is 0 Å². The van der Waals surface area contributed by atoms with E-state index in [1.54, 1.807) is 17.0 Å². The summed E-state index contributed by atoms with van der Waals surface area (Å²) < 4.78 is 13.9. The van der Waals surface area contributed by atoms with Crippen molar-refractivity contribution in [2.24, 2.45) is 10.9 Å². The molecule has 1 aromatic rings. The van der Waals surface area contributed by atoms with E-state index in [-0.39, 0.29) is 29.8 Å². The highest BCUT2D eigenvalue weighted by atomic mass is 127. The van der Waals surface area contributed by atoms with Gasteiger partial charge in [0.05, 0.1) is 12.2 Å². The Bertz CT molecular complexity index is 501. The van der Waals surface area contributed by atoms with E-state index in [9.17, 15) is 4.39 Å². The molecule has 0 aromatic heterocycles. The Morgan fingerprint density at radius 1 is 1.32 bits per heavy atom. The second-order valence-electron chi connectivity index (χ2n) is 5.70. The molecule has 2 rings (SSSR count). The topological polar surface area (TPSA) is 39.7 Å². The van der Waals surface area contributed by atoms with Gasteiger partial charge in [0.15, 0.2) is 5.96 Å². The molecule has 1 aliphatic rings. The summed E-state index contributed by atoms with van der Waals surface area (Å²) in [4.78, 5) is 6.28. The van der Waals surface area contributed by atoms with Gasteiger partial charge in [-0.25, -0.2) is 9.38 Å². The molecule has 1 fully saturated rings. The third kappa shape index (κ3) is 5.98. The minimum atomic E-state index is -0.205. The van der Waals surface area contributed by atoms with E-state index in [4.69, 9.17) is 0 Å². The minimum Gasteiger partial charge on any atom is -0.375 e. The molecule has 0 saturated heterocycles. The second-order valence-corrected chi connectivity index (χ2v) is 5.70. The molecule has 1 aliphatic carbocycles. The number of halogens is 2. The zero-order valence-corrected chi connectivity index (χ0v) is 15.9. The van der Waals surface area contributed by atoms with Crippen molar-refractivity contribution >= 4 is 35.6 Å².